The van der Waals surface area contributed by atoms with Gasteiger partial charge in [-0.2, -0.15) is 0 Å². The highest BCUT2D eigenvalue weighted by molar-refractivity contribution is 6.27. The predicted octanol–water partition coefficient (Wildman–Crippen LogP) is 1.76. The Labute approximate surface area is 251 Å². The third-order valence-electron chi connectivity index (χ3n) is 7.05. The number of morpholine rings is 1. The normalized spacial score (nSPS) is 14.7. The first-order valence-corrected chi connectivity index (χ1v) is 13.7. The van der Waals surface area contributed by atoms with Crippen LogP contribution < -0.4 is 15.7 Å². The summed E-state index contributed by atoms with van der Waals surface area (Å²) >= 11 is 0. The minimum absolute atomic E-state index is 0.223. The summed E-state index contributed by atoms with van der Waals surface area (Å²) in [5.41, 5.74) is 5.37. The summed E-state index contributed by atoms with van der Waals surface area (Å²) in [4.78, 5) is 51.1. The zero-order valence-corrected chi connectivity index (χ0v) is 24.0. The fraction of sp³-hybridized carbons (Fsp3) is 0.367. The van der Waals surface area contributed by atoms with Crippen LogP contribution in [0.2, 0.25) is 0 Å². The number of methoxy groups -OCH3 is 1. The number of carboxylic acid groups (broad SMARTS) is 4. The SMILES string of the molecule is COc1ccc(C(CNCc2cc(=O)oc3cc4c(cc23)CCC4)N2CCOCC2)cc1.O=C(O)C(=O)O.O=C(O)C(=O)O. The summed E-state index contributed by atoms with van der Waals surface area (Å²) in [6.07, 6.45) is 3.35. The highest BCUT2D eigenvalue weighted by atomic mass is 16.5. The predicted molar refractivity (Wildman–Crippen MR) is 155 cm³/mol. The van der Waals surface area contributed by atoms with Crippen molar-refractivity contribution >= 4 is 34.8 Å². The number of nitrogens with one attached hydrogen (secondary N) is 1. The number of fused-ring (bicyclic) bond motifs is 2. The van der Waals surface area contributed by atoms with Gasteiger partial charge in [-0.15, -0.1) is 0 Å². The molecule has 0 amide bonds. The Bertz CT molecular complexity index is 1480. The van der Waals surface area contributed by atoms with Crippen molar-refractivity contribution in [2.75, 3.05) is 40.0 Å². The number of carboxylic acids is 4. The van der Waals surface area contributed by atoms with Crippen LogP contribution >= 0.6 is 0 Å². The van der Waals surface area contributed by atoms with Crippen molar-refractivity contribution in [1.82, 2.24) is 10.2 Å². The van der Waals surface area contributed by atoms with E-state index in [1.165, 1.54) is 23.1 Å². The van der Waals surface area contributed by atoms with E-state index in [2.05, 4.69) is 34.5 Å². The Morgan fingerprint density at radius 2 is 1.45 bits per heavy atom. The van der Waals surface area contributed by atoms with Gasteiger partial charge in [-0.3, -0.25) is 4.90 Å². The van der Waals surface area contributed by atoms with E-state index < -0.39 is 23.9 Å². The molecule has 2 aliphatic rings. The number of aryl methyl sites for hydroxylation is 2. The summed E-state index contributed by atoms with van der Waals surface area (Å²) in [6.45, 7) is 4.71. The van der Waals surface area contributed by atoms with E-state index in [0.29, 0.717) is 12.1 Å². The number of aliphatic carboxylic acids is 4. The lowest BCUT2D eigenvalue weighted by Crippen LogP contribution is -2.42. The van der Waals surface area contributed by atoms with Crippen molar-refractivity contribution in [3.8, 4) is 5.75 Å². The largest absolute Gasteiger partial charge is 0.497 e. The molecule has 0 spiro atoms. The van der Waals surface area contributed by atoms with Crippen molar-refractivity contribution in [3.05, 3.63) is 75.1 Å². The highest BCUT2D eigenvalue weighted by Gasteiger charge is 2.23. The molecule has 0 saturated carbocycles. The average Bonchev–Trinajstić information content (AvgIpc) is 3.47. The molecule has 1 aliphatic heterocycles. The summed E-state index contributed by atoms with van der Waals surface area (Å²) in [5, 5.41) is 34.2. The molecule has 5 rings (SSSR count). The molecule has 1 atom stereocenters. The van der Waals surface area contributed by atoms with Gasteiger partial charge in [-0.1, -0.05) is 12.1 Å². The Kier molecular flexibility index (Phi) is 12.4. The van der Waals surface area contributed by atoms with Crippen LogP contribution in [0.25, 0.3) is 11.0 Å². The monoisotopic (exact) mass is 614 g/mol. The number of benzene rings is 2. The number of ether oxygens (including phenoxy) is 2. The van der Waals surface area contributed by atoms with Gasteiger partial charge in [-0.25, -0.2) is 24.0 Å². The van der Waals surface area contributed by atoms with Crippen molar-refractivity contribution < 1.29 is 53.5 Å². The molecular weight excluding hydrogens is 580 g/mol. The van der Waals surface area contributed by atoms with Gasteiger partial charge in [0.2, 0.25) is 0 Å². The molecule has 1 fully saturated rings. The standard InChI is InChI=1S/C26H30N2O4.2C2H2O4/c1-30-22-7-5-18(6-8-22)24(28-9-11-31-12-10-28)17-27-16-21-15-26(29)32-25-14-20-4-2-3-19(20)13-23(21)25;2*3-1(4)2(5)6/h5-8,13-15,24,27H,2-4,9-12,16-17H2,1H3;2*(H,3,4)(H,5,6). The van der Waals surface area contributed by atoms with Gasteiger partial charge in [-0.05, 0) is 65.8 Å². The molecule has 14 heteroatoms. The summed E-state index contributed by atoms with van der Waals surface area (Å²) in [7, 11) is 1.69. The Morgan fingerprint density at radius 3 is 2.00 bits per heavy atom. The molecule has 2 aromatic carbocycles. The molecule has 1 saturated heterocycles. The fourth-order valence-electron chi connectivity index (χ4n) is 4.96. The molecule has 236 valence electrons. The topological polar surface area (TPSA) is 213 Å². The van der Waals surface area contributed by atoms with Crippen molar-refractivity contribution in [2.24, 2.45) is 0 Å². The van der Waals surface area contributed by atoms with Gasteiger partial charge < -0.3 is 39.6 Å². The number of hydrogen-bond acceptors (Lipinski definition) is 10. The zero-order chi connectivity index (χ0) is 32.2. The molecule has 1 aliphatic carbocycles. The Balaban J connectivity index is 0.000000375. The van der Waals surface area contributed by atoms with Crippen LogP contribution in [0.5, 0.6) is 5.75 Å². The third-order valence-corrected chi connectivity index (χ3v) is 7.05. The van der Waals surface area contributed by atoms with Gasteiger partial charge in [0.25, 0.3) is 0 Å². The molecule has 44 heavy (non-hydrogen) atoms. The van der Waals surface area contributed by atoms with Crippen LogP contribution in [-0.2, 0) is 43.3 Å². The van der Waals surface area contributed by atoms with E-state index in [9.17, 15) is 4.79 Å². The summed E-state index contributed by atoms with van der Waals surface area (Å²) < 4.78 is 16.4. The molecule has 0 bridgehead atoms. The van der Waals surface area contributed by atoms with E-state index >= 15 is 0 Å². The van der Waals surface area contributed by atoms with Crippen LogP contribution in [-0.4, -0.2) is 89.2 Å². The molecule has 5 N–H and O–H groups in total. The fourth-order valence-corrected chi connectivity index (χ4v) is 4.96. The number of nitrogens with zero attached hydrogens (tertiary/aromatic N) is 1. The molecule has 3 aromatic rings. The summed E-state index contributed by atoms with van der Waals surface area (Å²) in [5.74, 6) is -6.44. The lowest BCUT2D eigenvalue weighted by atomic mass is 10.0. The van der Waals surface area contributed by atoms with E-state index in [4.69, 9.17) is 53.5 Å². The lowest BCUT2D eigenvalue weighted by Gasteiger charge is -2.35. The Hall–Kier alpha value is -4.79. The van der Waals surface area contributed by atoms with Crippen molar-refractivity contribution in [2.45, 2.75) is 31.8 Å². The average molecular weight is 615 g/mol. The lowest BCUT2D eigenvalue weighted by molar-refractivity contribution is -0.159. The molecule has 0 radical (unpaired) electrons. The summed E-state index contributed by atoms with van der Waals surface area (Å²) in [6, 6.07) is 14.4. The molecule has 1 unspecified atom stereocenters. The van der Waals surface area contributed by atoms with Gasteiger partial charge in [0.05, 0.1) is 20.3 Å². The maximum Gasteiger partial charge on any atom is 0.414 e. The van der Waals surface area contributed by atoms with Crippen LogP contribution in [0.4, 0.5) is 0 Å². The Morgan fingerprint density at radius 1 is 0.886 bits per heavy atom. The first kappa shape index (κ1) is 33.7. The second-order valence-corrected chi connectivity index (χ2v) is 9.85. The zero-order valence-electron chi connectivity index (χ0n) is 24.0. The van der Waals surface area contributed by atoms with Crippen LogP contribution in [0.15, 0.2) is 51.7 Å². The molecular formula is C30H34N2O12. The van der Waals surface area contributed by atoms with E-state index in [0.717, 1.165) is 62.4 Å². The van der Waals surface area contributed by atoms with Crippen LogP contribution in [0.3, 0.4) is 0 Å². The van der Waals surface area contributed by atoms with Gasteiger partial charge >= 0.3 is 29.5 Å². The minimum Gasteiger partial charge on any atom is -0.497 e. The van der Waals surface area contributed by atoms with Crippen LogP contribution in [0, 0.1) is 0 Å². The maximum absolute atomic E-state index is 12.2. The van der Waals surface area contributed by atoms with Gasteiger partial charge in [0, 0.05) is 43.7 Å². The van der Waals surface area contributed by atoms with E-state index in [1.807, 2.05) is 12.1 Å². The number of rotatable bonds is 7. The minimum atomic E-state index is -1.82. The number of carbonyl (C=O) groups is 4. The first-order valence-electron chi connectivity index (χ1n) is 13.7. The third kappa shape index (κ3) is 9.62. The highest BCUT2D eigenvalue weighted by Crippen LogP contribution is 2.29. The second-order valence-electron chi connectivity index (χ2n) is 9.85. The van der Waals surface area contributed by atoms with Gasteiger partial charge in [0.15, 0.2) is 0 Å². The molecule has 14 nitrogen and oxygen atoms in total. The first-order chi connectivity index (χ1) is 21.0. The molecule has 2 heterocycles. The van der Waals surface area contributed by atoms with Crippen molar-refractivity contribution in [1.29, 1.82) is 0 Å². The van der Waals surface area contributed by atoms with Gasteiger partial charge in [0.1, 0.15) is 11.3 Å². The molecule has 1 aromatic heterocycles. The smallest absolute Gasteiger partial charge is 0.414 e. The number of hydrogen-bond donors (Lipinski definition) is 5. The van der Waals surface area contributed by atoms with Crippen molar-refractivity contribution in [3.63, 3.8) is 0 Å². The van der Waals surface area contributed by atoms with Crippen LogP contribution in [0.1, 0.15) is 34.7 Å². The maximum atomic E-state index is 12.2. The quantitative estimate of drug-likeness (QED) is 0.190. The van der Waals surface area contributed by atoms with E-state index in [-0.39, 0.29) is 11.7 Å². The second kappa shape index (κ2) is 16.2. The van der Waals surface area contributed by atoms with E-state index in [1.54, 1.807) is 13.2 Å².